The molecule has 0 saturated heterocycles. The van der Waals surface area contributed by atoms with Crippen LogP contribution in [-0.4, -0.2) is 9.55 Å². The Morgan fingerprint density at radius 3 is 2.88 bits per heavy atom. The second-order valence-corrected chi connectivity index (χ2v) is 5.30. The van der Waals surface area contributed by atoms with Crippen molar-refractivity contribution in [1.29, 1.82) is 0 Å². The summed E-state index contributed by atoms with van der Waals surface area (Å²) in [7, 11) is 2.03. The molecular formula is C13H19N3S. The number of hydrogen-bond donors (Lipinski definition) is 1. The first-order valence-corrected chi connectivity index (χ1v) is 6.88. The largest absolute Gasteiger partial charge is 0.348 e. The molecule has 0 radical (unpaired) electrons. The Morgan fingerprint density at radius 1 is 1.53 bits per heavy atom. The van der Waals surface area contributed by atoms with Crippen molar-refractivity contribution in [3.05, 3.63) is 34.3 Å². The van der Waals surface area contributed by atoms with E-state index in [1.54, 1.807) is 11.3 Å². The molecule has 2 rings (SSSR count). The molecule has 0 aliphatic heterocycles. The van der Waals surface area contributed by atoms with Crippen LogP contribution < -0.4 is 5.32 Å². The molecule has 0 saturated carbocycles. The summed E-state index contributed by atoms with van der Waals surface area (Å²) in [5.41, 5.74) is 1.05. The minimum atomic E-state index is 0.375. The minimum absolute atomic E-state index is 0.375. The summed E-state index contributed by atoms with van der Waals surface area (Å²) in [5.74, 6) is 0.953. The van der Waals surface area contributed by atoms with Crippen molar-refractivity contribution in [2.24, 2.45) is 7.05 Å². The smallest absolute Gasteiger partial charge is 0.203 e. The molecule has 3 nitrogen and oxygen atoms in total. The van der Waals surface area contributed by atoms with E-state index in [1.165, 1.54) is 11.3 Å². The van der Waals surface area contributed by atoms with Crippen molar-refractivity contribution in [2.45, 2.75) is 32.7 Å². The van der Waals surface area contributed by atoms with Gasteiger partial charge in [0.1, 0.15) is 0 Å². The number of nitrogens with one attached hydrogen (secondary N) is 1. The lowest BCUT2D eigenvalue weighted by Gasteiger charge is -2.17. The van der Waals surface area contributed by atoms with Gasteiger partial charge >= 0.3 is 0 Å². The Bertz CT molecular complexity index is 459. The quantitative estimate of drug-likeness (QED) is 0.874. The van der Waals surface area contributed by atoms with Gasteiger partial charge in [-0.2, -0.15) is 0 Å². The number of imidazole rings is 1. The lowest BCUT2D eigenvalue weighted by Crippen LogP contribution is -2.12. The predicted molar refractivity (Wildman–Crippen MR) is 73.5 cm³/mol. The molecule has 2 heterocycles. The summed E-state index contributed by atoms with van der Waals surface area (Å²) in [6.07, 6.45) is 4.34. The number of thiophene rings is 1. The average Bonchev–Trinajstić information content (AvgIpc) is 2.88. The zero-order valence-corrected chi connectivity index (χ0v) is 11.4. The summed E-state index contributed by atoms with van der Waals surface area (Å²) < 4.78 is 2.05. The van der Waals surface area contributed by atoms with Crippen molar-refractivity contribution in [3.8, 4) is 0 Å². The van der Waals surface area contributed by atoms with Crippen molar-refractivity contribution in [2.75, 3.05) is 5.32 Å². The molecule has 0 aliphatic carbocycles. The van der Waals surface area contributed by atoms with Gasteiger partial charge in [-0.1, -0.05) is 19.4 Å². The zero-order valence-electron chi connectivity index (χ0n) is 10.6. The van der Waals surface area contributed by atoms with E-state index >= 15 is 0 Å². The van der Waals surface area contributed by atoms with Crippen molar-refractivity contribution in [1.82, 2.24) is 9.55 Å². The standard InChI is InChI=1S/C13H19N3S/c1-4-6-11(12-7-5-8-17-12)15-13-14-10(2)9-16(13)3/h5,7-9,11H,4,6H2,1-3H3,(H,14,15). The highest BCUT2D eigenvalue weighted by Crippen LogP contribution is 2.26. The fourth-order valence-corrected chi connectivity index (χ4v) is 2.78. The Hall–Kier alpha value is -1.29. The highest BCUT2D eigenvalue weighted by Gasteiger charge is 2.13. The Labute approximate surface area is 107 Å². The van der Waals surface area contributed by atoms with Crippen molar-refractivity contribution < 1.29 is 0 Å². The second-order valence-electron chi connectivity index (χ2n) is 4.32. The van der Waals surface area contributed by atoms with Crippen LogP contribution in [0.25, 0.3) is 0 Å². The van der Waals surface area contributed by atoms with E-state index < -0.39 is 0 Å². The van der Waals surface area contributed by atoms with Crippen LogP contribution in [0.15, 0.2) is 23.7 Å². The van der Waals surface area contributed by atoms with Crippen molar-refractivity contribution in [3.63, 3.8) is 0 Å². The fraction of sp³-hybridized carbons (Fsp3) is 0.462. The lowest BCUT2D eigenvalue weighted by molar-refractivity contribution is 0.675. The fourth-order valence-electron chi connectivity index (χ4n) is 1.97. The maximum absolute atomic E-state index is 4.50. The molecular weight excluding hydrogens is 230 g/mol. The van der Waals surface area contributed by atoms with Crippen LogP contribution in [0.2, 0.25) is 0 Å². The van der Waals surface area contributed by atoms with Crippen LogP contribution in [-0.2, 0) is 7.05 Å². The van der Waals surface area contributed by atoms with Crippen LogP contribution in [0.3, 0.4) is 0 Å². The molecule has 0 aliphatic rings. The van der Waals surface area contributed by atoms with Gasteiger partial charge in [0.2, 0.25) is 5.95 Å². The van der Waals surface area contributed by atoms with E-state index in [9.17, 15) is 0 Å². The van der Waals surface area contributed by atoms with E-state index in [1.807, 2.05) is 24.7 Å². The summed E-state index contributed by atoms with van der Waals surface area (Å²) in [6.45, 7) is 4.23. The maximum Gasteiger partial charge on any atom is 0.203 e. The van der Waals surface area contributed by atoms with Gasteiger partial charge in [0.15, 0.2) is 0 Å². The van der Waals surface area contributed by atoms with Gasteiger partial charge in [-0.15, -0.1) is 11.3 Å². The molecule has 17 heavy (non-hydrogen) atoms. The third-order valence-electron chi connectivity index (χ3n) is 2.76. The van der Waals surface area contributed by atoms with Crippen LogP contribution in [0.4, 0.5) is 5.95 Å². The normalized spacial score (nSPS) is 12.6. The summed E-state index contributed by atoms with van der Waals surface area (Å²) in [5, 5.41) is 5.66. The van der Waals surface area contributed by atoms with Gasteiger partial charge in [0.25, 0.3) is 0 Å². The first kappa shape index (κ1) is 12.2. The first-order valence-electron chi connectivity index (χ1n) is 6.00. The van der Waals surface area contributed by atoms with Gasteiger partial charge in [0.05, 0.1) is 11.7 Å². The maximum atomic E-state index is 4.50. The molecule has 0 aromatic carbocycles. The van der Waals surface area contributed by atoms with Gasteiger partial charge in [-0.25, -0.2) is 4.98 Å². The Kier molecular flexibility index (Phi) is 3.84. The molecule has 92 valence electrons. The van der Waals surface area contributed by atoms with Gasteiger partial charge in [-0.3, -0.25) is 0 Å². The minimum Gasteiger partial charge on any atom is -0.348 e. The van der Waals surface area contributed by atoms with Gasteiger partial charge < -0.3 is 9.88 Å². The Morgan fingerprint density at radius 2 is 2.35 bits per heavy atom. The highest BCUT2D eigenvalue weighted by atomic mass is 32.1. The number of rotatable bonds is 5. The van der Waals surface area contributed by atoms with Gasteiger partial charge in [-0.05, 0) is 24.8 Å². The summed E-state index contributed by atoms with van der Waals surface area (Å²) >= 11 is 1.80. The van der Waals surface area contributed by atoms with E-state index in [4.69, 9.17) is 0 Å². The zero-order chi connectivity index (χ0) is 12.3. The number of anilines is 1. The van der Waals surface area contributed by atoms with Crippen LogP contribution in [0.1, 0.15) is 36.4 Å². The molecule has 1 N–H and O–H groups in total. The van der Waals surface area contributed by atoms with Crippen molar-refractivity contribution >= 4 is 17.3 Å². The molecule has 0 fully saturated rings. The molecule has 4 heteroatoms. The molecule has 0 amide bonds. The first-order chi connectivity index (χ1) is 8.20. The summed E-state index contributed by atoms with van der Waals surface area (Å²) in [6, 6.07) is 4.67. The van der Waals surface area contributed by atoms with Crippen LogP contribution in [0.5, 0.6) is 0 Å². The highest BCUT2D eigenvalue weighted by molar-refractivity contribution is 7.10. The average molecular weight is 249 g/mol. The monoisotopic (exact) mass is 249 g/mol. The number of hydrogen-bond acceptors (Lipinski definition) is 3. The molecule has 2 aromatic rings. The van der Waals surface area contributed by atoms with Gasteiger partial charge in [0, 0.05) is 18.1 Å². The van der Waals surface area contributed by atoms with E-state index in [-0.39, 0.29) is 0 Å². The molecule has 2 aromatic heterocycles. The molecule has 1 unspecified atom stereocenters. The molecule has 1 atom stereocenters. The Balaban J connectivity index is 2.15. The van der Waals surface area contributed by atoms with E-state index in [2.05, 4.69) is 34.7 Å². The number of aryl methyl sites for hydroxylation is 2. The lowest BCUT2D eigenvalue weighted by atomic mass is 10.1. The SMILES string of the molecule is CCCC(Nc1nc(C)cn1C)c1cccs1. The predicted octanol–water partition coefficient (Wildman–Crippen LogP) is 3.74. The summed E-state index contributed by atoms with van der Waals surface area (Å²) in [4.78, 5) is 5.88. The van der Waals surface area contributed by atoms with E-state index in [0.29, 0.717) is 6.04 Å². The number of nitrogens with zero attached hydrogens (tertiary/aromatic N) is 2. The molecule has 0 bridgehead atoms. The third kappa shape index (κ3) is 2.88. The van der Waals surface area contributed by atoms with E-state index in [0.717, 1.165) is 18.1 Å². The second kappa shape index (κ2) is 5.36. The number of aromatic nitrogens is 2. The third-order valence-corrected chi connectivity index (χ3v) is 3.75. The molecule has 0 spiro atoms. The van der Waals surface area contributed by atoms with Crippen LogP contribution >= 0.6 is 11.3 Å². The van der Waals surface area contributed by atoms with Crippen LogP contribution in [0, 0.1) is 6.92 Å². The topological polar surface area (TPSA) is 29.9 Å².